The lowest BCUT2D eigenvalue weighted by Crippen LogP contribution is -2.18. The minimum absolute atomic E-state index is 0.521. The van der Waals surface area contributed by atoms with Gasteiger partial charge in [0.1, 0.15) is 17.5 Å². The fraction of sp³-hybridized carbons (Fsp3) is 0.714. The van der Waals surface area contributed by atoms with Gasteiger partial charge in [-0.05, 0) is 31.6 Å². The predicted octanol–water partition coefficient (Wildman–Crippen LogP) is 2.92. The number of hydrogen-bond donors (Lipinski definition) is 2. The fourth-order valence-corrected chi connectivity index (χ4v) is 2.41. The maximum atomic E-state index is 5.92. The molecule has 0 aromatic carbocycles. The summed E-state index contributed by atoms with van der Waals surface area (Å²) in [6.45, 7) is 7.30. The Hall–Kier alpha value is -1.32. The Balaban J connectivity index is 2.07. The number of hydrogen-bond acceptors (Lipinski definition) is 4. The zero-order chi connectivity index (χ0) is 13.2. The smallest absolute Gasteiger partial charge is 0.134 e. The second-order valence-corrected chi connectivity index (χ2v) is 5.46. The Bertz CT molecular complexity index is 424. The standard InChI is InChI=1S/C14H24N4/c1-4-6-14(7-8-14)9-16-13-10(3)12(15)17-11(5-2)18-13/h4-9H2,1-3H3,(H3,15,16,17,18). The van der Waals surface area contributed by atoms with E-state index in [1.54, 1.807) is 0 Å². The quantitative estimate of drug-likeness (QED) is 0.812. The van der Waals surface area contributed by atoms with E-state index in [-0.39, 0.29) is 0 Å². The van der Waals surface area contributed by atoms with Gasteiger partial charge in [-0.25, -0.2) is 9.97 Å². The average molecular weight is 248 g/mol. The van der Waals surface area contributed by atoms with Crippen LogP contribution in [0.3, 0.4) is 0 Å². The molecule has 1 aromatic heterocycles. The molecule has 1 saturated carbocycles. The number of nitrogens with zero attached hydrogens (tertiary/aromatic N) is 2. The van der Waals surface area contributed by atoms with E-state index in [1.807, 2.05) is 13.8 Å². The van der Waals surface area contributed by atoms with E-state index >= 15 is 0 Å². The lowest BCUT2D eigenvalue weighted by atomic mass is 10.0. The summed E-state index contributed by atoms with van der Waals surface area (Å²) in [5, 5.41) is 3.48. The molecule has 1 aliphatic carbocycles. The fourth-order valence-electron chi connectivity index (χ4n) is 2.41. The highest BCUT2D eigenvalue weighted by molar-refractivity contribution is 5.55. The first kappa shape index (κ1) is 13.1. The van der Waals surface area contributed by atoms with E-state index in [4.69, 9.17) is 5.73 Å². The second-order valence-electron chi connectivity index (χ2n) is 5.46. The van der Waals surface area contributed by atoms with Crippen LogP contribution in [0, 0.1) is 12.3 Å². The van der Waals surface area contributed by atoms with Gasteiger partial charge >= 0.3 is 0 Å². The van der Waals surface area contributed by atoms with E-state index in [0.717, 1.165) is 30.2 Å². The molecule has 0 radical (unpaired) electrons. The molecule has 1 aliphatic rings. The molecule has 4 nitrogen and oxygen atoms in total. The third-order valence-corrected chi connectivity index (χ3v) is 3.91. The molecular weight excluding hydrogens is 224 g/mol. The van der Waals surface area contributed by atoms with E-state index in [0.29, 0.717) is 11.2 Å². The highest BCUT2D eigenvalue weighted by Crippen LogP contribution is 2.49. The summed E-state index contributed by atoms with van der Waals surface area (Å²) in [4.78, 5) is 8.82. The van der Waals surface area contributed by atoms with E-state index < -0.39 is 0 Å². The normalized spacial score (nSPS) is 16.6. The monoisotopic (exact) mass is 248 g/mol. The maximum absolute atomic E-state index is 5.92. The molecule has 2 rings (SSSR count). The van der Waals surface area contributed by atoms with Gasteiger partial charge < -0.3 is 11.1 Å². The topological polar surface area (TPSA) is 63.8 Å². The summed E-state index contributed by atoms with van der Waals surface area (Å²) in [7, 11) is 0. The molecule has 1 aromatic rings. The van der Waals surface area contributed by atoms with Crippen LogP contribution < -0.4 is 11.1 Å². The Labute approximate surface area is 109 Å². The predicted molar refractivity (Wildman–Crippen MR) is 75.6 cm³/mol. The Kier molecular flexibility index (Phi) is 3.73. The highest BCUT2D eigenvalue weighted by Gasteiger charge is 2.41. The van der Waals surface area contributed by atoms with Crippen LogP contribution in [0.1, 0.15) is 50.9 Å². The highest BCUT2D eigenvalue weighted by atomic mass is 15.1. The molecule has 100 valence electrons. The molecule has 0 atom stereocenters. The van der Waals surface area contributed by atoms with Crippen molar-refractivity contribution in [1.29, 1.82) is 0 Å². The summed E-state index contributed by atoms with van der Waals surface area (Å²) in [6, 6.07) is 0. The lowest BCUT2D eigenvalue weighted by molar-refractivity contribution is 0.485. The third kappa shape index (κ3) is 2.74. The van der Waals surface area contributed by atoms with Crippen LogP contribution in [0.2, 0.25) is 0 Å². The summed E-state index contributed by atoms with van der Waals surface area (Å²) < 4.78 is 0. The van der Waals surface area contributed by atoms with Gasteiger partial charge in [0.2, 0.25) is 0 Å². The number of aryl methyl sites for hydroxylation is 1. The molecule has 3 N–H and O–H groups in total. The molecule has 1 fully saturated rings. The molecular formula is C14H24N4. The van der Waals surface area contributed by atoms with E-state index in [9.17, 15) is 0 Å². The van der Waals surface area contributed by atoms with Gasteiger partial charge in [-0.1, -0.05) is 20.3 Å². The van der Waals surface area contributed by atoms with Crippen molar-refractivity contribution in [1.82, 2.24) is 9.97 Å². The molecule has 0 spiro atoms. The largest absolute Gasteiger partial charge is 0.383 e. The summed E-state index contributed by atoms with van der Waals surface area (Å²) in [5.41, 5.74) is 7.41. The zero-order valence-electron chi connectivity index (χ0n) is 11.7. The molecule has 18 heavy (non-hydrogen) atoms. The SMILES string of the molecule is CCCC1(CNc2nc(CC)nc(N)c2C)CC1. The number of anilines is 2. The first-order chi connectivity index (χ1) is 8.60. The number of nitrogens with two attached hydrogens (primary N) is 1. The van der Waals surface area contributed by atoms with Crippen LogP contribution in [0.5, 0.6) is 0 Å². The number of nitrogens with one attached hydrogen (secondary N) is 1. The number of nitrogen functional groups attached to an aromatic ring is 1. The van der Waals surface area contributed by atoms with Crippen molar-refractivity contribution in [3.8, 4) is 0 Å². The van der Waals surface area contributed by atoms with Crippen LogP contribution in [0.25, 0.3) is 0 Å². The average Bonchev–Trinajstić information content (AvgIpc) is 3.11. The Morgan fingerprint density at radius 2 is 2.00 bits per heavy atom. The van der Waals surface area contributed by atoms with Crippen molar-refractivity contribution >= 4 is 11.6 Å². The third-order valence-electron chi connectivity index (χ3n) is 3.91. The van der Waals surface area contributed by atoms with Gasteiger partial charge in [-0.15, -0.1) is 0 Å². The summed E-state index contributed by atoms with van der Waals surface area (Å²) in [5.74, 6) is 2.34. The molecule has 0 bridgehead atoms. The van der Waals surface area contributed by atoms with E-state index in [2.05, 4.69) is 22.2 Å². The van der Waals surface area contributed by atoms with Crippen molar-refractivity contribution < 1.29 is 0 Å². The second kappa shape index (κ2) is 5.12. The minimum atomic E-state index is 0.521. The summed E-state index contributed by atoms with van der Waals surface area (Å²) >= 11 is 0. The van der Waals surface area contributed by atoms with Gasteiger partial charge in [-0.3, -0.25) is 0 Å². The molecule has 0 amide bonds. The van der Waals surface area contributed by atoms with E-state index in [1.165, 1.54) is 25.7 Å². The van der Waals surface area contributed by atoms with Crippen molar-refractivity contribution in [2.75, 3.05) is 17.6 Å². The van der Waals surface area contributed by atoms with Crippen molar-refractivity contribution in [3.63, 3.8) is 0 Å². The zero-order valence-corrected chi connectivity index (χ0v) is 11.7. The lowest BCUT2D eigenvalue weighted by Gasteiger charge is -2.17. The van der Waals surface area contributed by atoms with Crippen molar-refractivity contribution in [2.24, 2.45) is 5.41 Å². The molecule has 4 heteroatoms. The van der Waals surface area contributed by atoms with Crippen molar-refractivity contribution in [3.05, 3.63) is 11.4 Å². The van der Waals surface area contributed by atoms with Crippen LogP contribution >= 0.6 is 0 Å². The van der Waals surface area contributed by atoms with Crippen LogP contribution in [-0.2, 0) is 6.42 Å². The summed E-state index contributed by atoms with van der Waals surface area (Å²) in [6.07, 6.45) is 6.06. The van der Waals surface area contributed by atoms with Crippen LogP contribution in [0.4, 0.5) is 11.6 Å². The Morgan fingerprint density at radius 3 is 2.56 bits per heavy atom. The first-order valence-corrected chi connectivity index (χ1v) is 6.97. The van der Waals surface area contributed by atoms with Gasteiger partial charge in [0.05, 0.1) is 0 Å². The van der Waals surface area contributed by atoms with Gasteiger partial charge in [-0.2, -0.15) is 0 Å². The molecule has 0 saturated heterocycles. The molecule has 0 unspecified atom stereocenters. The first-order valence-electron chi connectivity index (χ1n) is 6.97. The van der Waals surface area contributed by atoms with Crippen LogP contribution in [0.15, 0.2) is 0 Å². The molecule has 0 aliphatic heterocycles. The number of rotatable bonds is 6. The molecule has 1 heterocycles. The minimum Gasteiger partial charge on any atom is -0.383 e. The van der Waals surface area contributed by atoms with Crippen LogP contribution in [-0.4, -0.2) is 16.5 Å². The Morgan fingerprint density at radius 1 is 1.28 bits per heavy atom. The maximum Gasteiger partial charge on any atom is 0.134 e. The van der Waals surface area contributed by atoms with Gasteiger partial charge in [0.25, 0.3) is 0 Å². The van der Waals surface area contributed by atoms with Gasteiger partial charge in [0, 0.05) is 18.5 Å². The number of aromatic nitrogens is 2. The van der Waals surface area contributed by atoms with Crippen molar-refractivity contribution in [2.45, 2.75) is 52.9 Å². The van der Waals surface area contributed by atoms with Gasteiger partial charge in [0.15, 0.2) is 0 Å².